The molecule has 21 heavy (non-hydrogen) atoms. The van der Waals surface area contributed by atoms with Crippen molar-refractivity contribution < 1.29 is 17.9 Å². The molecule has 0 aliphatic carbocycles. The van der Waals surface area contributed by atoms with Gasteiger partial charge in [-0.3, -0.25) is 4.79 Å². The maximum atomic E-state index is 12.6. The minimum atomic E-state index is -3.44. The monoisotopic (exact) mass is 328 g/mol. The van der Waals surface area contributed by atoms with Crippen LogP contribution in [0, 0.1) is 0 Å². The molecular weight excluding hydrogens is 312 g/mol. The Morgan fingerprint density at radius 3 is 2.62 bits per heavy atom. The van der Waals surface area contributed by atoms with E-state index in [0.29, 0.717) is 17.5 Å². The number of nitrogens with two attached hydrogens (primary N) is 1. The lowest BCUT2D eigenvalue weighted by Gasteiger charge is -2.25. The number of benzene rings is 1. The van der Waals surface area contributed by atoms with Gasteiger partial charge >= 0.3 is 0 Å². The van der Waals surface area contributed by atoms with Crippen LogP contribution in [-0.2, 0) is 14.8 Å². The number of nitrogens with zero attached hydrogens (tertiary/aromatic N) is 1. The van der Waals surface area contributed by atoms with Gasteiger partial charge in [-0.1, -0.05) is 0 Å². The maximum absolute atomic E-state index is 12.6. The average molecular weight is 328 g/mol. The molecule has 1 aromatic carbocycles. The standard InChI is InChI=1S/C13H16N2O4S2/c14-13(16)7-19-10-1-3-12(4-2-10)21(17,18)15-6-11-5-9(15)8-20-11/h1-4,9,11H,5-8H2,(H2,14,16). The fourth-order valence-electron chi connectivity index (χ4n) is 2.66. The van der Waals surface area contributed by atoms with Crippen LogP contribution in [0.4, 0.5) is 0 Å². The zero-order chi connectivity index (χ0) is 15.0. The van der Waals surface area contributed by atoms with Crippen molar-refractivity contribution in [1.82, 2.24) is 4.31 Å². The van der Waals surface area contributed by atoms with Gasteiger partial charge < -0.3 is 10.5 Å². The Labute approximate surface area is 127 Å². The molecule has 0 radical (unpaired) electrons. The lowest BCUT2D eigenvalue weighted by Crippen LogP contribution is -2.39. The number of ether oxygens (including phenoxy) is 1. The van der Waals surface area contributed by atoms with Gasteiger partial charge in [-0.15, -0.1) is 0 Å². The summed E-state index contributed by atoms with van der Waals surface area (Å²) in [5.74, 6) is 0.729. The summed E-state index contributed by atoms with van der Waals surface area (Å²) in [6.45, 7) is 0.372. The third-order valence-corrected chi connectivity index (χ3v) is 6.98. The quantitative estimate of drug-likeness (QED) is 0.846. The zero-order valence-electron chi connectivity index (χ0n) is 11.3. The van der Waals surface area contributed by atoms with Crippen LogP contribution >= 0.6 is 11.8 Å². The van der Waals surface area contributed by atoms with Gasteiger partial charge in [0.2, 0.25) is 10.0 Å². The number of thioether (sulfide) groups is 1. The van der Waals surface area contributed by atoms with E-state index < -0.39 is 15.9 Å². The van der Waals surface area contributed by atoms with Crippen molar-refractivity contribution in [1.29, 1.82) is 0 Å². The predicted molar refractivity (Wildman–Crippen MR) is 79.7 cm³/mol. The number of carbonyl (C=O) groups is 1. The molecule has 2 unspecified atom stereocenters. The van der Waals surface area contributed by atoms with Crippen LogP contribution in [0.3, 0.4) is 0 Å². The van der Waals surface area contributed by atoms with E-state index in [1.54, 1.807) is 16.4 Å². The van der Waals surface area contributed by atoms with E-state index in [1.165, 1.54) is 12.1 Å². The molecule has 2 bridgehead atoms. The number of hydrogen-bond donors (Lipinski definition) is 1. The Morgan fingerprint density at radius 2 is 2.10 bits per heavy atom. The lowest BCUT2D eigenvalue weighted by atomic mass is 10.3. The maximum Gasteiger partial charge on any atom is 0.255 e. The van der Waals surface area contributed by atoms with Crippen LogP contribution in [-0.4, -0.2) is 48.8 Å². The van der Waals surface area contributed by atoms with Gasteiger partial charge in [0.15, 0.2) is 6.61 Å². The Kier molecular flexibility index (Phi) is 3.85. The van der Waals surface area contributed by atoms with Gasteiger partial charge in [-0.05, 0) is 30.7 Å². The summed E-state index contributed by atoms with van der Waals surface area (Å²) in [5, 5.41) is 0.433. The van der Waals surface area contributed by atoms with E-state index in [-0.39, 0.29) is 17.5 Å². The number of amides is 1. The summed E-state index contributed by atoms with van der Waals surface area (Å²) in [4.78, 5) is 10.9. The number of fused-ring (bicyclic) bond motifs is 2. The highest BCUT2D eigenvalue weighted by molar-refractivity contribution is 8.00. The molecule has 6 nitrogen and oxygen atoms in total. The predicted octanol–water partition coefficient (Wildman–Crippen LogP) is 0.429. The molecule has 0 spiro atoms. The number of hydrogen-bond acceptors (Lipinski definition) is 5. The van der Waals surface area contributed by atoms with E-state index >= 15 is 0 Å². The molecule has 8 heteroatoms. The molecule has 0 aromatic heterocycles. The number of rotatable bonds is 5. The molecule has 2 saturated heterocycles. The summed E-state index contributed by atoms with van der Waals surface area (Å²) in [6.07, 6.45) is 0.948. The first-order valence-corrected chi connectivity index (χ1v) is 9.10. The molecule has 2 aliphatic heterocycles. The molecular formula is C13H16N2O4S2. The molecule has 1 aromatic rings. The van der Waals surface area contributed by atoms with Gasteiger partial charge in [0.1, 0.15) is 5.75 Å². The third kappa shape index (κ3) is 2.88. The molecule has 2 atom stereocenters. The summed E-state index contributed by atoms with van der Waals surface area (Å²) >= 11 is 1.85. The highest BCUT2D eigenvalue weighted by Gasteiger charge is 2.44. The van der Waals surface area contributed by atoms with Crippen molar-refractivity contribution in [3.05, 3.63) is 24.3 Å². The van der Waals surface area contributed by atoms with Crippen LogP contribution in [0.1, 0.15) is 6.42 Å². The zero-order valence-corrected chi connectivity index (χ0v) is 12.9. The fourth-order valence-corrected chi connectivity index (χ4v) is 5.96. The highest BCUT2D eigenvalue weighted by Crippen LogP contribution is 2.40. The Hall–Kier alpha value is -1.25. The molecule has 114 valence electrons. The van der Waals surface area contributed by atoms with Crippen LogP contribution in [0.2, 0.25) is 0 Å². The number of primary amides is 1. The molecule has 2 aliphatic rings. The third-order valence-electron chi connectivity index (χ3n) is 3.66. The Bertz CT molecular complexity index is 645. The molecule has 2 N–H and O–H groups in total. The van der Waals surface area contributed by atoms with Crippen LogP contribution in [0.25, 0.3) is 0 Å². The summed E-state index contributed by atoms with van der Waals surface area (Å²) in [7, 11) is -3.44. The molecule has 0 saturated carbocycles. The van der Waals surface area contributed by atoms with Crippen molar-refractivity contribution in [3.63, 3.8) is 0 Å². The molecule has 1 amide bonds. The number of carbonyl (C=O) groups excluding carboxylic acids is 1. The summed E-state index contributed by atoms with van der Waals surface area (Å²) < 4.78 is 31.9. The van der Waals surface area contributed by atoms with Gasteiger partial charge in [-0.2, -0.15) is 16.1 Å². The minimum Gasteiger partial charge on any atom is -0.484 e. The lowest BCUT2D eigenvalue weighted by molar-refractivity contribution is -0.119. The SMILES string of the molecule is NC(=O)COc1ccc(S(=O)(=O)N2CC3CC2CS3)cc1. The van der Waals surface area contributed by atoms with Gasteiger partial charge in [-0.25, -0.2) is 8.42 Å². The number of sulfonamides is 1. The van der Waals surface area contributed by atoms with Crippen LogP contribution in [0.15, 0.2) is 29.2 Å². The van der Waals surface area contributed by atoms with E-state index in [4.69, 9.17) is 10.5 Å². The van der Waals surface area contributed by atoms with E-state index in [0.717, 1.165) is 12.2 Å². The summed E-state index contributed by atoms with van der Waals surface area (Å²) in [6, 6.07) is 6.21. The van der Waals surface area contributed by atoms with E-state index in [1.807, 2.05) is 11.8 Å². The van der Waals surface area contributed by atoms with Crippen LogP contribution in [0.5, 0.6) is 5.75 Å². The second kappa shape index (κ2) is 5.51. The van der Waals surface area contributed by atoms with Crippen molar-refractivity contribution >= 4 is 27.7 Å². The van der Waals surface area contributed by atoms with E-state index in [9.17, 15) is 13.2 Å². The minimum absolute atomic E-state index is 0.121. The Balaban J connectivity index is 1.75. The van der Waals surface area contributed by atoms with Gasteiger partial charge in [0, 0.05) is 23.6 Å². The normalized spacial score (nSPS) is 25.1. The van der Waals surface area contributed by atoms with Crippen molar-refractivity contribution in [3.8, 4) is 5.75 Å². The van der Waals surface area contributed by atoms with Gasteiger partial charge in [0.25, 0.3) is 5.91 Å². The van der Waals surface area contributed by atoms with E-state index in [2.05, 4.69) is 0 Å². The van der Waals surface area contributed by atoms with Crippen LogP contribution < -0.4 is 10.5 Å². The second-order valence-electron chi connectivity index (χ2n) is 5.15. The first kappa shape index (κ1) is 14.7. The Morgan fingerprint density at radius 1 is 1.38 bits per heavy atom. The largest absolute Gasteiger partial charge is 0.484 e. The first-order valence-electron chi connectivity index (χ1n) is 6.61. The van der Waals surface area contributed by atoms with Crippen molar-refractivity contribution in [2.75, 3.05) is 18.9 Å². The molecule has 3 rings (SSSR count). The van der Waals surface area contributed by atoms with Crippen molar-refractivity contribution in [2.45, 2.75) is 22.6 Å². The summed E-state index contributed by atoms with van der Waals surface area (Å²) in [5.41, 5.74) is 4.99. The fraction of sp³-hybridized carbons (Fsp3) is 0.462. The van der Waals surface area contributed by atoms with Gasteiger partial charge in [0.05, 0.1) is 4.90 Å². The molecule has 2 heterocycles. The highest BCUT2D eigenvalue weighted by atomic mass is 32.2. The smallest absolute Gasteiger partial charge is 0.255 e. The molecule has 2 fully saturated rings. The first-order chi connectivity index (χ1) is 9.96. The second-order valence-corrected chi connectivity index (χ2v) is 8.37. The van der Waals surface area contributed by atoms with Crippen molar-refractivity contribution in [2.24, 2.45) is 5.73 Å². The average Bonchev–Trinajstić information content (AvgIpc) is 3.08. The topological polar surface area (TPSA) is 89.7 Å².